The monoisotopic (exact) mass is 494 g/mol. The average Bonchev–Trinajstić information content (AvgIpc) is 3.63. The second-order valence-corrected chi connectivity index (χ2v) is 9.24. The molecule has 1 aliphatic carbocycles. The van der Waals surface area contributed by atoms with Gasteiger partial charge in [-0.2, -0.15) is 0 Å². The molecule has 0 radical (unpaired) electrons. The smallest absolute Gasteiger partial charge is 0.247 e. The minimum atomic E-state index is -1.13. The number of nitrogens with one attached hydrogen (secondary N) is 1. The van der Waals surface area contributed by atoms with Gasteiger partial charge in [0.15, 0.2) is 11.6 Å². The Morgan fingerprint density at radius 1 is 1.22 bits per heavy atom. The van der Waals surface area contributed by atoms with Crippen LogP contribution in [0, 0.1) is 17.2 Å². The van der Waals surface area contributed by atoms with Gasteiger partial charge in [-0.25, -0.2) is 14.9 Å². The Hall–Kier alpha value is -3.76. The predicted octanol–water partition coefficient (Wildman–Crippen LogP) is 2.33. The lowest BCUT2D eigenvalue weighted by Crippen LogP contribution is -2.36. The van der Waals surface area contributed by atoms with E-state index in [1.54, 1.807) is 11.5 Å². The molecule has 0 unspecified atom stereocenters. The first kappa shape index (κ1) is 24.0. The summed E-state index contributed by atoms with van der Waals surface area (Å²) in [6.07, 6.45) is 0.296. The summed E-state index contributed by atoms with van der Waals surface area (Å²) in [4.78, 5) is 30.7. The lowest BCUT2D eigenvalue weighted by atomic mass is 9.92. The zero-order valence-electron chi connectivity index (χ0n) is 19.6. The van der Waals surface area contributed by atoms with Crippen molar-refractivity contribution in [1.29, 1.82) is 0 Å². The number of primary amides is 1. The highest BCUT2D eigenvalue weighted by Crippen LogP contribution is 2.54. The van der Waals surface area contributed by atoms with Crippen LogP contribution >= 0.6 is 0 Å². The van der Waals surface area contributed by atoms with Gasteiger partial charge in [-0.05, 0) is 42.7 Å². The van der Waals surface area contributed by atoms with Crippen molar-refractivity contribution in [1.82, 2.24) is 10.5 Å². The number of pyridine rings is 1. The Morgan fingerprint density at radius 3 is 2.72 bits per heavy atom. The SMILES string of the molecule is NC(=O)[C@@]1(Cc2ccc(OCc3cc(N4CCOCC4)nc4ccccc34)c(F)c2)C[C@@H]1C(=O)NO. The van der Waals surface area contributed by atoms with Gasteiger partial charge in [-0.1, -0.05) is 24.3 Å². The van der Waals surface area contributed by atoms with Crippen molar-refractivity contribution < 1.29 is 28.7 Å². The number of hydrogen-bond donors (Lipinski definition) is 3. The van der Waals surface area contributed by atoms with Crippen LogP contribution in [-0.2, 0) is 27.4 Å². The van der Waals surface area contributed by atoms with Crippen LogP contribution in [0.1, 0.15) is 17.5 Å². The van der Waals surface area contributed by atoms with E-state index in [2.05, 4.69) is 4.90 Å². The molecule has 1 saturated heterocycles. The van der Waals surface area contributed by atoms with Gasteiger partial charge in [0.2, 0.25) is 11.8 Å². The lowest BCUT2D eigenvalue weighted by molar-refractivity contribution is -0.134. The number of para-hydroxylation sites is 1. The molecule has 2 aliphatic rings. The predicted molar refractivity (Wildman–Crippen MR) is 129 cm³/mol. The topological polar surface area (TPSA) is 127 Å². The van der Waals surface area contributed by atoms with E-state index in [0.717, 1.165) is 35.4 Å². The molecule has 1 saturated carbocycles. The summed E-state index contributed by atoms with van der Waals surface area (Å²) in [5.41, 5.74) is 8.17. The highest BCUT2D eigenvalue weighted by molar-refractivity contribution is 5.95. The molecule has 1 aromatic heterocycles. The fraction of sp³-hybridized carbons (Fsp3) is 0.346. The molecular formula is C26H27FN4O5. The number of carbonyl (C=O) groups excluding carboxylic acids is 2. The van der Waals surface area contributed by atoms with E-state index in [1.165, 1.54) is 12.1 Å². The van der Waals surface area contributed by atoms with Crippen LogP contribution in [0.5, 0.6) is 5.75 Å². The quantitative estimate of drug-likeness (QED) is 0.324. The third-order valence-electron chi connectivity index (χ3n) is 7.02. The zero-order valence-corrected chi connectivity index (χ0v) is 19.6. The number of nitrogens with two attached hydrogens (primary N) is 1. The van der Waals surface area contributed by atoms with E-state index >= 15 is 0 Å². The van der Waals surface area contributed by atoms with Crippen molar-refractivity contribution in [3.8, 4) is 5.75 Å². The molecule has 2 amide bonds. The Bertz CT molecular complexity index is 1310. The molecule has 2 aromatic carbocycles. The first-order valence-electron chi connectivity index (χ1n) is 11.8. The second-order valence-electron chi connectivity index (χ2n) is 9.24. The van der Waals surface area contributed by atoms with Crippen molar-refractivity contribution in [2.24, 2.45) is 17.1 Å². The first-order chi connectivity index (χ1) is 17.4. The van der Waals surface area contributed by atoms with Crippen molar-refractivity contribution in [3.63, 3.8) is 0 Å². The van der Waals surface area contributed by atoms with Crippen molar-refractivity contribution >= 4 is 28.5 Å². The van der Waals surface area contributed by atoms with Gasteiger partial charge in [-0.15, -0.1) is 0 Å². The van der Waals surface area contributed by atoms with Gasteiger partial charge in [0, 0.05) is 24.0 Å². The fourth-order valence-electron chi connectivity index (χ4n) is 4.88. The summed E-state index contributed by atoms with van der Waals surface area (Å²) < 4.78 is 26.3. The minimum absolute atomic E-state index is 0.0705. The van der Waals surface area contributed by atoms with Gasteiger partial charge in [-0.3, -0.25) is 14.8 Å². The molecular weight excluding hydrogens is 467 g/mol. The summed E-state index contributed by atoms with van der Waals surface area (Å²) in [6.45, 7) is 2.91. The maximum absolute atomic E-state index is 15.0. The number of hydroxylamine groups is 1. The molecule has 5 rings (SSSR count). The normalized spacial score (nSPS) is 21.3. The number of halogens is 1. The van der Waals surface area contributed by atoms with E-state index in [9.17, 15) is 14.0 Å². The summed E-state index contributed by atoms with van der Waals surface area (Å²) in [7, 11) is 0. The maximum Gasteiger partial charge on any atom is 0.247 e. The van der Waals surface area contributed by atoms with Crippen LogP contribution in [0.15, 0.2) is 48.5 Å². The lowest BCUT2D eigenvalue weighted by Gasteiger charge is -2.28. The minimum Gasteiger partial charge on any atom is -0.486 e. The number of carbonyl (C=O) groups is 2. The van der Waals surface area contributed by atoms with Crippen LogP contribution in [0.4, 0.5) is 10.2 Å². The molecule has 0 bridgehead atoms. The Labute approximate surface area is 207 Å². The number of anilines is 1. The van der Waals surface area contributed by atoms with Crippen LogP contribution in [-0.4, -0.2) is 48.3 Å². The molecule has 3 aromatic rings. The van der Waals surface area contributed by atoms with Crippen LogP contribution in [0.25, 0.3) is 10.9 Å². The number of ether oxygens (including phenoxy) is 2. The molecule has 2 heterocycles. The Morgan fingerprint density at radius 2 is 2.00 bits per heavy atom. The third kappa shape index (κ3) is 4.57. The van der Waals surface area contributed by atoms with Crippen molar-refractivity contribution in [3.05, 3.63) is 65.5 Å². The molecule has 1 aliphatic heterocycles. The number of aromatic nitrogens is 1. The highest BCUT2D eigenvalue weighted by atomic mass is 19.1. The molecule has 4 N–H and O–H groups in total. The van der Waals surface area contributed by atoms with Crippen molar-refractivity contribution in [2.45, 2.75) is 19.4 Å². The first-order valence-corrected chi connectivity index (χ1v) is 11.8. The van der Waals surface area contributed by atoms with E-state index in [1.807, 2.05) is 30.3 Å². The van der Waals surface area contributed by atoms with Crippen LogP contribution < -0.4 is 20.9 Å². The van der Waals surface area contributed by atoms with Gasteiger partial charge in [0.1, 0.15) is 12.4 Å². The van der Waals surface area contributed by atoms with Gasteiger partial charge >= 0.3 is 0 Å². The molecule has 10 heteroatoms. The largest absolute Gasteiger partial charge is 0.486 e. The number of morpholine rings is 1. The summed E-state index contributed by atoms with van der Waals surface area (Å²) >= 11 is 0. The number of benzene rings is 2. The average molecular weight is 495 g/mol. The number of fused-ring (bicyclic) bond motifs is 1. The van der Waals surface area contributed by atoms with Crippen LogP contribution in [0.2, 0.25) is 0 Å². The number of hydrogen-bond acceptors (Lipinski definition) is 7. The maximum atomic E-state index is 15.0. The molecule has 0 spiro atoms. The molecule has 2 atom stereocenters. The van der Waals surface area contributed by atoms with Gasteiger partial charge in [0.25, 0.3) is 0 Å². The van der Waals surface area contributed by atoms with E-state index in [4.69, 9.17) is 25.4 Å². The van der Waals surface area contributed by atoms with E-state index < -0.39 is 29.0 Å². The fourth-order valence-corrected chi connectivity index (χ4v) is 4.88. The number of amides is 2. The zero-order chi connectivity index (χ0) is 25.3. The summed E-state index contributed by atoms with van der Waals surface area (Å²) in [5, 5.41) is 9.80. The summed E-state index contributed by atoms with van der Waals surface area (Å²) in [6, 6.07) is 14.2. The van der Waals surface area contributed by atoms with E-state index in [0.29, 0.717) is 18.8 Å². The van der Waals surface area contributed by atoms with E-state index in [-0.39, 0.29) is 25.2 Å². The standard InChI is InChI=1S/C26H27FN4O5/c27-20-11-16(13-26(25(28)33)14-19(26)24(32)30-34)5-6-22(20)36-15-17-12-23(31-7-9-35-10-8-31)29-21-4-2-1-3-18(17)21/h1-6,11-12,19,34H,7-10,13-15H2,(H2,28,33)(H,30,32)/t19-,26+/m1/s1. The molecule has 2 fully saturated rings. The molecule has 36 heavy (non-hydrogen) atoms. The highest BCUT2D eigenvalue weighted by Gasteiger charge is 2.62. The van der Waals surface area contributed by atoms with Gasteiger partial charge in [0.05, 0.1) is 30.1 Å². The molecule has 188 valence electrons. The number of rotatable bonds is 8. The Balaban J connectivity index is 1.34. The van der Waals surface area contributed by atoms with Crippen LogP contribution in [0.3, 0.4) is 0 Å². The summed E-state index contributed by atoms with van der Waals surface area (Å²) in [5.74, 6) is -1.75. The van der Waals surface area contributed by atoms with Crippen molar-refractivity contribution in [2.75, 3.05) is 31.2 Å². The number of nitrogens with zero attached hydrogens (tertiary/aromatic N) is 2. The Kier molecular flexibility index (Phi) is 6.46. The molecule has 9 nitrogen and oxygen atoms in total. The van der Waals surface area contributed by atoms with Gasteiger partial charge < -0.3 is 20.1 Å². The third-order valence-corrected chi connectivity index (χ3v) is 7.02. The second kappa shape index (κ2) is 9.71.